The van der Waals surface area contributed by atoms with Crippen LogP contribution in [0.2, 0.25) is 0 Å². The van der Waals surface area contributed by atoms with E-state index in [9.17, 15) is 9.59 Å². The molecule has 0 saturated carbocycles. The lowest BCUT2D eigenvalue weighted by Gasteiger charge is -2.32. The van der Waals surface area contributed by atoms with E-state index in [2.05, 4.69) is 16.0 Å². The van der Waals surface area contributed by atoms with Crippen molar-refractivity contribution in [2.45, 2.75) is 18.8 Å². The lowest BCUT2D eigenvalue weighted by Crippen LogP contribution is -2.38. The van der Waals surface area contributed by atoms with Crippen LogP contribution in [0.1, 0.15) is 45.3 Å². The molecular weight excluding hydrogens is 322 g/mol. The summed E-state index contributed by atoms with van der Waals surface area (Å²) in [6.07, 6.45) is 4.05. The lowest BCUT2D eigenvalue weighted by atomic mass is 9.89. The van der Waals surface area contributed by atoms with Crippen LogP contribution in [0.4, 0.5) is 0 Å². The first-order valence-electron chi connectivity index (χ1n) is 8.07. The Kier molecular flexibility index (Phi) is 4.92. The molecule has 3 rings (SSSR count). The fourth-order valence-electron chi connectivity index (χ4n) is 3.02. The Bertz CT molecular complexity index is 768. The van der Waals surface area contributed by atoms with Gasteiger partial charge in [-0.15, -0.1) is 0 Å². The van der Waals surface area contributed by atoms with Gasteiger partial charge in [-0.3, -0.25) is 4.79 Å². The quantitative estimate of drug-likeness (QED) is 0.916. The first kappa shape index (κ1) is 16.9. The molecule has 25 heavy (non-hydrogen) atoms. The van der Waals surface area contributed by atoms with Gasteiger partial charge in [0, 0.05) is 13.1 Å². The number of carboxylic acid groups (broad SMARTS) is 1. The largest absolute Gasteiger partial charge is 0.497 e. The van der Waals surface area contributed by atoms with E-state index < -0.39 is 5.97 Å². The Morgan fingerprint density at radius 2 is 1.84 bits per heavy atom. The van der Waals surface area contributed by atoms with Gasteiger partial charge in [0.15, 0.2) is 5.69 Å². The van der Waals surface area contributed by atoms with Crippen molar-refractivity contribution in [1.82, 2.24) is 14.9 Å². The molecule has 0 unspecified atom stereocenters. The third-order valence-electron chi connectivity index (χ3n) is 4.44. The molecule has 0 aliphatic carbocycles. The SMILES string of the molecule is COc1cccc(C2CCN(C(=O)c3cnc(C(=O)O)cn3)CC2)c1. The number of nitrogens with zero attached hydrogens (tertiary/aromatic N) is 3. The van der Waals surface area contributed by atoms with Crippen LogP contribution >= 0.6 is 0 Å². The molecule has 2 aromatic rings. The second kappa shape index (κ2) is 7.29. The molecule has 1 fully saturated rings. The van der Waals surface area contributed by atoms with Crippen molar-refractivity contribution >= 4 is 11.9 Å². The summed E-state index contributed by atoms with van der Waals surface area (Å²) in [5, 5.41) is 8.83. The van der Waals surface area contributed by atoms with E-state index in [-0.39, 0.29) is 17.3 Å². The van der Waals surface area contributed by atoms with E-state index in [0.717, 1.165) is 24.8 Å². The average Bonchev–Trinajstić information content (AvgIpc) is 2.67. The first-order chi connectivity index (χ1) is 12.1. The summed E-state index contributed by atoms with van der Waals surface area (Å²) in [4.78, 5) is 32.7. The highest BCUT2D eigenvalue weighted by molar-refractivity contribution is 5.92. The smallest absolute Gasteiger partial charge is 0.356 e. The highest BCUT2D eigenvalue weighted by Crippen LogP contribution is 2.30. The molecule has 1 amide bonds. The normalized spacial score (nSPS) is 15.0. The molecule has 7 heteroatoms. The predicted molar refractivity (Wildman–Crippen MR) is 89.9 cm³/mol. The Morgan fingerprint density at radius 3 is 2.44 bits per heavy atom. The topological polar surface area (TPSA) is 92.6 Å². The van der Waals surface area contributed by atoms with Crippen molar-refractivity contribution in [3.8, 4) is 5.75 Å². The van der Waals surface area contributed by atoms with E-state index in [4.69, 9.17) is 9.84 Å². The number of piperidine rings is 1. The fraction of sp³-hybridized carbons (Fsp3) is 0.333. The number of carbonyl (C=O) groups is 2. The van der Waals surface area contributed by atoms with E-state index in [0.29, 0.717) is 19.0 Å². The molecule has 0 radical (unpaired) electrons. The Labute approximate surface area is 145 Å². The number of methoxy groups -OCH3 is 1. The van der Waals surface area contributed by atoms with E-state index in [1.807, 2.05) is 18.2 Å². The summed E-state index contributed by atoms with van der Waals surface area (Å²) in [7, 11) is 1.65. The van der Waals surface area contributed by atoms with Gasteiger partial charge in [-0.05, 0) is 36.5 Å². The number of rotatable bonds is 4. The van der Waals surface area contributed by atoms with Gasteiger partial charge in [0.25, 0.3) is 5.91 Å². The minimum atomic E-state index is -1.16. The van der Waals surface area contributed by atoms with Gasteiger partial charge in [0.1, 0.15) is 11.4 Å². The zero-order valence-electron chi connectivity index (χ0n) is 13.9. The number of likely N-dealkylation sites (tertiary alicyclic amines) is 1. The van der Waals surface area contributed by atoms with Crippen LogP contribution in [-0.2, 0) is 0 Å². The number of carbonyl (C=O) groups excluding carboxylic acids is 1. The van der Waals surface area contributed by atoms with Crippen LogP contribution in [0.3, 0.4) is 0 Å². The summed E-state index contributed by atoms with van der Waals surface area (Å²) in [6, 6.07) is 8.02. The molecule has 2 heterocycles. The van der Waals surface area contributed by atoms with Crippen LogP contribution in [0.5, 0.6) is 5.75 Å². The third kappa shape index (κ3) is 3.76. The number of hydrogen-bond acceptors (Lipinski definition) is 5. The van der Waals surface area contributed by atoms with Crippen LogP contribution < -0.4 is 4.74 Å². The maximum absolute atomic E-state index is 12.5. The molecule has 1 aromatic carbocycles. The fourth-order valence-corrected chi connectivity index (χ4v) is 3.02. The molecule has 1 aliphatic heterocycles. The number of aromatic carboxylic acids is 1. The summed E-state index contributed by atoms with van der Waals surface area (Å²) >= 11 is 0. The van der Waals surface area contributed by atoms with Gasteiger partial charge in [0.05, 0.1) is 19.5 Å². The third-order valence-corrected chi connectivity index (χ3v) is 4.44. The summed E-state index contributed by atoms with van der Waals surface area (Å²) < 4.78 is 5.27. The molecule has 130 valence electrons. The Balaban J connectivity index is 1.63. The number of carboxylic acids is 1. The molecule has 0 spiro atoms. The average molecular weight is 341 g/mol. The van der Waals surface area contributed by atoms with Crippen molar-refractivity contribution in [1.29, 1.82) is 0 Å². The van der Waals surface area contributed by atoms with Gasteiger partial charge in [-0.25, -0.2) is 14.8 Å². The predicted octanol–water partition coefficient (Wildman–Crippen LogP) is 2.20. The molecule has 0 bridgehead atoms. The van der Waals surface area contributed by atoms with Crippen molar-refractivity contribution in [3.05, 3.63) is 53.6 Å². The molecular formula is C18H19N3O4. The first-order valence-corrected chi connectivity index (χ1v) is 8.07. The summed E-state index contributed by atoms with van der Waals surface area (Å²) in [6.45, 7) is 1.26. The van der Waals surface area contributed by atoms with Crippen molar-refractivity contribution in [2.24, 2.45) is 0 Å². The highest BCUT2D eigenvalue weighted by atomic mass is 16.5. The Hall–Kier alpha value is -2.96. The zero-order valence-corrected chi connectivity index (χ0v) is 13.9. The number of aromatic nitrogens is 2. The molecule has 1 aliphatic rings. The van der Waals surface area contributed by atoms with Gasteiger partial charge in [-0.1, -0.05) is 12.1 Å². The van der Waals surface area contributed by atoms with Crippen molar-refractivity contribution in [2.75, 3.05) is 20.2 Å². The van der Waals surface area contributed by atoms with Crippen LogP contribution in [0.15, 0.2) is 36.7 Å². The lowest BCUT2D eigenvalue weighted by molar-refractivity contribution is 0.0679. The molecule has 7 nitrogen and oxygen atoms in total. The van der Waals surface area contributed by atoms with E-state index >= 15 is 0 Å². The summed E-state index contributed by atoms with van der Waals surface area (Å²) in [5.74, 6) is -0.149. The second-order valence-electron chi connectivity index (χ2n) is 5.94. The molecule has 1 aromatic heterocycles. The van der Waals surface area contributed by atoms with Gasteiger partial charge in [0.2, 0.25) is 0 Å². The molecule has 1 N–H and O–H groups in total. The van der Waals surface area contributed by atoms with Gasteiger partial charge < -0.3 is 14.7 Å². The molecule has 1 saturated heterocycles. The maximum Gasteiger partial charge on any atom is 0.356 e. The number of amides is 1. The van der Waals surface area contributed by atoms with Gasteiger partial charge >= 0.3 is 5.97 Å². The van der Waals surface area contributed by atoms with Gasteiger partial charge in [-0.2, -0.15) is 0 Å². The summed E-state index contributed by atoms with van der Waals surface area (Å²) in [5.41, 5.74) is 1.22. The minimum absolute atomic E-state index is 0.171. The van der Waals surface area contributed by atoms with Crippen molar-refractivity contribution in [3.63, 3.8) is 0 Å². The van der Waals surface area contributed by atoms with Crippen LogP contribution in [0, 0.1) is 0 Å². The second-order valence-corrected chi connectivity index (χ2v) is 5.94. The molecule has 0 atom stereocenters. The van der Waals surface area contributed by atoms with E-state index in [1.54, 1.807) is 12.0 Å². The Morgan fingerprint density at radius 1 is 1.16 bits per heavy atom. The van der Waals surface area contributed by atoms with Crippen LogP contribution in [-0.4, -0.2) is 52.1 Å². The standard InChI is InChI=1S/C18H19N3O4/c1-25-14-4-2-3-13(9-14)12-5-7-21(8-6-12)17(22)15-10-20-16(11-19-15)18(23)24/h2-4,9-12H,5-8H2,1H3,(H,23,24). The number of benzene rings is 1. The van der Waals surface area contributed by atoms with Crippen molar-refractivity contribution < 1.29 is 19.4 Å². The maximum atomic E-state index is 12.5. The minimum Gasteiger partial charge on any atom is -0.497 e. The highest BCUT2D eigenvalue weighted by Gasteiger charge is 2.25. The monoisotopic (exact) mass is 341 g/mol. The van der Waals surface area contributed by atoms with E-state index in [1.165, 1.54) is 11.8 Å². The number of hydrogen-bond donors (Lipinski definition) is 1. The zero-order chi connectivity index (χ0) is 17.8. The van der Waals surface area contributed by atoms with Crippen LogP contribution in [0.25, 0.3) is 0 Å². The number of ether oxygens (including phenoxy) is 1.